The Morgan fingerprint density at radius 3 is 2.65 bits per heavy atom. The number of hydrogen-bond donors (Lipinski definition) is 2. The van der Waals surface area contributed by atoms with Crippen LogP contribution in [0.2, 0.25) is 0 Å². The quantitative estimate of drug-likeness (QED) is 0.792. The van der Waals surface area contributed by atoms with E-state index >= 15 is 0 Å². The Kier molecular flexibility index (Phi) is 5.03. The van der Waals surface area contributed by atoms with Gasteiger partial charge in [-0.2, -0.15) is 0 Å². The average Bonchev–Trinajstić information content (AvgIpc) is 2.48. The molecular weight excluding hydrogens is 270 g/mol. The molecule has 3 N–H and O–H groups in total. The highest BCUT2D eigenvalue weighted by Gasteiger charge is 2.09. The van der Waals surface area contributed by atoms with Crippen LogP contribution in [0.1, 0.15) is 11.1 Å². The lowest BCUT2D eigenvalue weighted by atomic mass is 10.2. The van der Waals surface area contributed by atoms with Crippen molar-refractivity contribution in [1.29, 1.82) is 0 Å². The van der Waals surface area contributed by atoms with E-state index in [1.165, 1.54) is 0 Å². The van der Waals surface area contributed by atoms with E-state index in [0.29, 0.717) is 18.1 Å². The van der Waals surface area contributed by atoms with Crippen molar-refractivity contribution in [2.45, 2.75) is 6.54 Å². The predicted octanol–water partition coefficient (Wildman–Crippen LogP) is 1.71. The van der Waals surface area contributed by atoms with Gasteiger partial charge in [0.05, 0.1) is 6.61 Å². The normalized spacial score (nSPS) is 10.2. The SMILES string of the molecule is NC(=S)c1ccnc(N(CCO)Cc2ccccc2)c1. The summed E-state index contributed by atoms with van der Waals surface area (Å²) in [5, 5.41) is 9.23. The summed E-state index contributed by atoms with van der Waals surface area (Å²) in [4.78, 5) is 6.68. The van der Waals surface area contributed by atoms with Crippen LogP contribution in [0.4, 0.5) is 5.82 Å². The molecule has 0 spiro atoms. The van der Waals surface area contributed by atoms with Crippen LogP contribution in [0, 0.1) is 0 Å². The van der Waals surface area contributed by atoms with Crippen LogP contribution in [0.3, 0.4) is 0 Å². The molecule has 5 heteroatoms. The molecule has 20 heavy (non-hydrogen) atoms. The third-order valence-corrected chi connectivity index (χ3v) is 3.18. The second-order valence-corrected chi connectivity index (χ2v) is 4.84. The highest BCUT2D eigenvalue weighted by atomic mass is 32.1. The van der Waals surface area contributed by atoms with E-state index < -0.39 is 0 Å². The largest absolute Gasteiger partial charge is 0.395 e. The summed E-state index contributed by atoms with van der Waals surface area (Å²) in [7, 11) is 0. The molecule has 1 aromatic heterocycles. The summed E-state index contributed by atoms with van der Waals surface area (Å²) in [6.07, 6.45) is 1.68. The van der Waals surface area contributed by atoms with Crippen LogP contribution in [-0.4, -0.2) is 28.2 Å². The van der Waals surface area contributed by atoms with Crippen LogP contribution >= 0.6 is 12.2 Å². The Labute approximate surface area is 123 Å². The molecule has 0 saturated carbocycles. The van der Waals surface area contributed by atoms with E-state index in [9.17, 15) is 5.11 Å². The van der Waals surface area contributed by atoms with Crippen molar-refractivity contribution in [1.82, 2.24) is 4.98 Å². The van der Waals surface area contributed by atoms with Crippen LogP contribution in [0.25, 0.3) is 0 Å². The number of rotatable bonds is 6. The Balaban J connectivity index is 2.24. The van der Waals surface area contributed by atoms with Crippen LogP contribution in [0.5, 0.6) is 0 Å². The molecule has 0 aliphatic heterocycles. The molecule has 2 aromatic rings. The van der Waals surface area contributed by atoms with Gasteiger partial charge in [-0.3, -0.25) is 0 Å². The molecule has 1 aromatic carbocycles. The van der Waals surface area contributed by atoms with E-state index in [4.69, 9.17) is 18.0 Å². The van der Waals surface area contributed by atoms with E-state index in [1.54, 1.807) is 12.3 Å². The lowest BCUT2D eigenvalue weighted by Crippen LogP contribution is -2.27. The van der Waals surface area contributed by atoms with E-state index in [0.717, 1.165) is 16.9 Å². The van der Waals surface area contributed by atoms with Crippen molar-refractivity contribution >= 4 is 23.0 Å². The van der Waals surface area contributed by atoms with Gasteiger partial charge in [0.2, 0.25) is 0 Å². The second kappa shape index (κ2) is 6.98. The molecule has 104 valence electrons. The second-order valence-electron chi connectivity index (χ2n) is 4.40. The predicted molar refractivity (Wildman–Crippen MR) is 84.7 cm³/mol. The fraction of sp³-hybridized carbons (Fsp3) is 0.200. The Morgan fingerprint density at radius 1 is 1.25 bits per heavy atom. The van der Waals surface area contributed by atoms with Crippen molar-refractivity contribution in [3.8, 4) is 0 Å². The van der Waals surface area contributed by atoms with Crippen molar-refractivity contribution in [3.05, 3.63) is 59.8 Å². The number of nitrogens with two attached hydrogens (primary N) is 1. The highest BCUT2D eigenvalue weighted by Crippen LogP contribution is 2.15. The summed E-state index contributed by atoms with van der Waals surface area (Å²) >= 11 is 4.98. The summed E-state index contributed by atoms with van der Waals surface area (Å²) in [6, 6.07) is 13.7. The standard InChI is InChI=1S/C15H17N3OS/c16-15(20)13-6-7-17-14(10-13)18(8-9-19)11-12-4-2-1-3-5-12/h1-7,10,19H,8-9,11H2,(H2,16,20). The highest BCUT2D eigenvalue weighted by molar-refractivity contribution is 7.80. The van der Waals surface area contributed by atoms with Gasteiger partial charge >= 0.3 is 0 Å². The van der Waals surface area contributed by atoms with Gasteiger partial charge < -0.3 is 15.7 Å². The number of aromatic nitrogens is 1. The maximum Gasteiger partial charge on any atom is 0.129 e. The summed E-state index contributed by atoms with van der Waals surface area (Å²) in [6.45, 7) is 1.24. The molecule has 0 aliphatic carbocycles. The zero-order valence-electron chi connectivity index (χ0n) is 11.1. The fourth-order valence-electron chi connectivity index (χ4n) is 1.94. The smallest absolute Gasteiger partial charge is 0.129 e. The maximum atomic E-state index is 9.23. The Hall–Kier alpha value is -1.98. The van der Waals surface area contributed by atoms with E-state index in [1.807, 2.05) is 41.3 Å². The van der Waals surface area contributed by atoms with Crippen LogP contribution < -0.4 is 10.6 Å². The molecule has 0 saturated heterocycles. The molecule has 0 fully saturated rings. The topological polar surface area (TPSA) is 62.4 Å². The lowest BCUT2D eigenvalue weighted by molar-refractivity contribution is 0.301. The first-order valence-corrected chi connectivity index (χ1v) is 6.77. The summed E-state index contributed by atoms with van der Waals surface area (Å²) in [5.41, 5.74) is 7.58. The molecule has 0 atom stereocenters. The van der Waals surface area contributed by atoms with Crippen LogP contribution in [0.15, 0.2) is 48.7 Å². The molecule has 0 aliphatic rings. The lowest BCUT2D eigenvalue weighted by Gasteiger charge is -2.23. The number of hydrogen-bond acceptors (Lipinski definition) is 4. The zero-order valence-corrected chi connectivity index (χ0v) is 11.9. The van der Waals surface area contributed by atoms with Crippen LogP contribution in [-0.2, 0) is 6.54 Å². The third-order valence-electron chi connectivity index (χ3n) is 2.94. The molecule has 0 bridgehead atoms. The summed E-state index contributed by atoms with van der Waals surface area (Å²) in [5.74, 6) is 0.758. The van der Waals surface area contributed by atoms with Gasteiger partial charge in [0, 0.05) is 24.8 Å². The van der Waals surface area contributed by atoms with Crippen molar-refractivity contribution in [2.24, 2.45) is 5.73 Å². The van der Waals surface area contributed by atoms with Gasteiger partial charge in [-0.05, 0) is 17.7 Å². The summed E-state index contributed by atoms with van der Waals surface area (Å²) < 4.78 is 0. The minimum atomic E-state index is 0.0613. The number of aliphatic hydroxyl groups is 1. The zero-order chi connectivity index (χ0) is 14.4. The third kappa shape index (κ3) is 3.76. The molecule has 2 rings (SSSR count). The van der Waals surface area contributed by atoms with Crippen molar-refractivity contribution in [2.75, 3.05) is 18.1 Å². The number of benzene rings is 1. The number of anilines is 1. The minimum Gasteiger partial charge on any atom is -0.395 e. The first kappa shape index (κ1) is 14.4. The minimum absolute atomic E-state index is 0.0613. The van der Waals surface area contributed by atoms with Gasteiger partial charge in [0.25, 0.3) is 0 Å². The monoisotopic (exact) mass is 287 g/mol. The number of aliphatic hydroxyl groups excluding tert-OH is 1. The maximum absolute atomic E-state index is 9.23. The number of nitrogens with zero attached hydrogens (tertiary/aromatic N) is 2. The van der Waals surface area contributed by atoms with E-state index in [2.05, 4.69) is 4.98 Å². The molecule has 0 unspecified atom stereocenters. The van der Waals surface area contributed by atoms with Gasteiger partial charge in [-0.25, -0.2) is 4.98 Å². The number of pyridine rings is 1. The first-order valence-electron chi connectivity index (χ1n) is 6.36. The van der Waals surface area contributed by atoms with Gasteiger partial charge in [-0.1, -0.05) is 42.5 Å². The van der Waals surface area contributed by atoms with E-state index in [-0.39, 0.29) is 6.61 Å². The Morgan fingerprint density at radius 2 is 2.00 bits per heavy atom. The average molecular weight is 287 g/mol. The molecule has 0 amide bonds. The van der Waals surface area contributed by atoms with Gasteiger partial charge in [-0.15, -0.1) is 0 Å². The first-order chi connectivity index (χ1) is 9.70. The molecule has 4 nitrogen and oxygen atoms in total. The Bertz CT molecular complexity index is 574. The van der Waals surface area contributed by atoms with Gasteiger partial charge in [0.15, 0.2) is 0 Å². The van der Waals surface area contributed by atoms with Crippen molar-refractivity contribution in [3.63, 3.8) is 0 Å². The van der Waals surface area contributed by atoms with Gasteiger partial charge in [0.1, 0.15) is 10.8 Å². The molecular formula is C15H17N3OS. The molecule has 1 heterocycles. The fourth-order valence-corrected chi connectivity index (χ4v) is 2.07. The molecule has 0 radical (unpaired) electrons. The van der Waals surface area contributed by atoms with Crippen molar-refractivity contribution < 1.29 is 5.11 Å². The number of thiocarbonyl (C=S) groups is 1.